The molecule has 118 valence electrons. The number of nitrogens with zero attached hydrogens (tertiary/aromatic N) is 2. The number of nitrogens with one attached hydrogen (secondary N) is 1. The van der Waals surface area contributed by atoms with Gasteiger partial charge in [0.2, 0.25) is 0 Å². The first-order chi connectivity index (χ1) is 9.96. The van der Waals surface area contributed by atoms with E-state index in [2.05, 4.69) is 10.3 Å². The van der Waals surface area contributed by atoms with Crippen LogP contribution in [0.2, 0.25) is 0 Å². The van der Waals surface area contributed by atoms with Crippen LogP contribution in [-0.4, -0.2) is 40.7 Å². The van der Waals surface area contributed by atoms with Crippen molar-refractivity contribution < 1.29 is 13.9 Å². The highest BCUT2D eigenvalue weighted by Crippen LogP contribution is 2.22. The lowest BCUT2D eigenvalue weighted by molar-refractivity contribution is 0.0220. The minimum Gasteiger partial charge on any atom is -0.447 e. The van der Waals surface area contributed by atoms with Gasteiger partial charge in [-0.25, -0.2) is 9.78 Å². The minimum atomic E-state index is -0.436. The zero-order valence-corrected chi connectivity index (χ0v) is 13.1. The van der Waals surface area contributed by atoms with Crippen LogP contribution in [0, 0.1) is 0 Å². The Bertz CT molecular complexity index is 440. The Balaban J connectivity index is 1.72. The van der Waals surface area contributed by atoms with Crippen molar-refractivity contribution >= 4 is 6.09 Å². The summed E-state index contributed by atoms with van der Waals surface area (Å²) in [6, 6.07) is 0.266. The van der Waals surface area contributed by atoms with Crippen LogP contribution in [0.3, 0.4) is 0 Å². The van der Waals surface area contributed by atoms with Gasteiger partial charge in [-0.05, 0) is 46.6 Å². The van der Waals surface area contributed by atoms with Crippen LogP contribution in [0.4, 0.5) is 4.79 Å². The molecule has 0 spiro atoms. The molecule has 2 rings (SSSR count). The zero-order chi connectivity index (χ0) is 15.3. The lowest BCUT2D eigenvalue weighted by atomic mass is 10.1. The molecule has 21 heavy (non-hydrogen) atoms. The van der Waals surface area contributed by atoms with Crippen molar-refractivity contribution in [3.63, 3.8) is 0 Å². The van der Waals surface area contributed by atoms with Crippen molar-refractivity contribution in [2.24, 2.45) is 0 Å². The van der Waals surface area contributed by atoms with E-state index in [1.54, 1.807) is 6.20 Å². The summed E-state index contributed by atoms with van der Waals surface area (Å²) in [7, 11) is 0. The van der Waals surface area contributed by atoms with Crippen LogP contribution in [0.1, 0.15) is 45.8 Å². The molecule has 0 aromatic carbocycles. The van der Waals surface area contributed by atoms with Gasteiger partial charge in [0.25, 0.3) is 0 Å². The summed E-state index contributed by atoms with van der Waals surface area (Å²) < 4.78 is 10.6. The van der Waals surface area contributed by atoms with Crippen molar-refractivity contribution in [1.29, 1.82) is 0 Å². The molecule has 1 unspecified atom stereocenters. The molecule has 6 nitrogen and oxygen atoms in total. The molecule has 1 amide bonds. The maximum absolute atomic E-state index is 12.2. The fourth-order valence-corrected chi connectivity index (χ4v) is 2.51. The Kier molecular flexibility index (Phi) is 5.22. The standard InChI is InChI=1S/C15H25N3O3/c1-15(2,3)21-14(19)18-8-4-5-12(18)6-7-16-9-13-10-17-11-20-13/h10-12,16H,4-9H2,1-3H3. The third-order valence-corrected chi connectivity index (χ3v) is 3.44. The number of hydrogen-bond donors (Lipinski definition) is 1. The highest BCUT2D eigenvalue weighted by molar-refractivity contribution is 5.68. The Morgan fingerprint density at radius 1 is 1.57 bits per heavy atom. The van der Waals surface area contributed by atoms with Gasteiger partial charge in [0, 0.05) is 12.6 Å². The molecule has 1 N–H and O–H groups in total. The summed E-state index contributed by atoms with van der Waals surface area (Å²) in [6.07, 6.45) is 5.95. The predicted molar refractivity (Wildman–Crippen MR) is 78.8 cm³/mol. The van der Waals surface area contributed by atoms with Crippen LogP contribution in [0.15, 0.2) is 17.0 Å². The van der Waals surface area contributed by atoms with Gasteiger partial charge in [-0.1, -0.05) is 0 Å². The molecule has 6 heteroatoms. The number of aromatic nitrogens is 1. The first-order valence-corrected chi connectivity index (χ1v) is 7.53. The summed E-state index contributed by atoms with van der Waals surface area (Å²) >= 11 is 0. The molecule has 0 bridgehead atoms. The number of carbonyl (C=O) groups is 1. The number of rotatable bonds is 5. The molecule has 1 aliphatic rings. The van der Waals surface area contributed by atoms with E-state index in [-0.39, 0.29) is 12.1 Å². The fraction of sp³-hybridized carbons (Fsp3) is 0.733. The van der Waals surface area contributed by atoms with Gasteiger partial charge in [0.1, 0.15) is 11.4 Å². The Morgan fingerprint density at radius 2 is 2.38 bits per heavy atom. The van der Waals surface area contributed by atoms with Crippen molar-refractivity contribution in [3.05, 3.63) is 18.4 Å². The predicted octanol–water partition coefficient (Wildman–Crippen LogP) is 2.55. The Hall–Kier alpha value is -1.56. The van der Waals surface area contributed by atoms with Gasteiger partial charge < -0.3 is 19.4 Å². The molecule has 1 aliphatic heterocycles. The largest absolute Gasteiger partial charge is 0.447 e. The van der Waals surface area contributed by atoms with Gasteiger partial charge >= 0.3 is 6.09 Å². The van der Waals surface area contributed by atoms with E-state index in [9.17, 15) is 4.79 Å². The Morgan fingerprint density at radius 3 is 3.05 bits per heavy atom. The highest BCUT2D eigenvalue weighted by Gasteiger charge is 2.31. The van der Waals surface area contributed by atoms with Crippen LogP contribution in [-0.2, 0) is 11.3 Å². The van der Waals surface area contributed by atoms with Crippen molar-refractivity contribution in [1.82, 2.24) is 15.2 Å². The summed E-state index contributed by atoms with van der Waals surface area (Å²) in [5.41, 5.74) is -0.436. The normalized spacial score (nSPS) is 19.0. The van der Waals surface area contributed by atoms with Gasteiger partial charge in [-0.3, -0.25) is 0 Å². The minimum absolute atomic E-state index is 0.194. The quantitative estimate of drug-likeness (QED) is 0.846. The maximum Gasteiger partial charge on any atom is 0.410 e. The van der Waals surface area contributed by atoms with Crippen molar-refractivity contribution in [3.8, 4) is 0 Å². The number of oxazole rings is 1. The third-order valence-electron chi connectivity index (χ3n) is 3.44. The molecule has 0 radical (unpaired) electrons. The van der Waals surface area contributed by atoms with Gasteiger partial charge in [-0.15, -0.1) is 0 Å². The van der Waals surface area contributed by atoms with Crippen molar-refractivity contribution in [2.45, 2.75) is 58.2 Å². The van der Waals surface area contributed by atoms with Gasteiger partial charge in [0.15, 0.2) is 6.39 Å². The lowest BCUT2D eigenvalue weighted by Crippen LogP contribution is -2.40. The van der Waals surface area contributed by atoms with E-state index in [1.807, 2.05) is 25.7 Å². The molecule has 1 aromatic rings. The third kappa shape index (κ3) is 5.04. The van der Waals surface area contributed by atoms with Gasteiger partial charge in [0.05, 0.1) is 12.7 Å². The van der Waals surface area contributed by atoms with Crippen LogP contribution < -0.4 is 5.32 Å². The van der Waals surface area contributed by atoms with E-state index in [0.717, 1.165) is 38.1 Å². The van der Waals surface area contributed by atoms with E-state index in [4.69, 9.17) is 9.15 Å². The molecule has 2 heterocycles. The summed E-state index contributed by atoms with van der Waals surface area (Å²) in [6.45, 7) is 7.99. The van der Waals surface area contributed by atoms with Gasteiger partial charge in [-0.2, -0.15) is 0 Å². The number of ether oxygens (including phenoxy) is 1. The number of amides is 1. The first kappa shape index (κ1) is 15.8. The average Bonchev–Trinajstić information content (AvgIpc) is 3.04. The fourth-order valence-electron chi connectivity index (χ4n) is 2.51. The smallest absolute Gasteiger partial charge is 0.410 e. The van der Waals surface area contributed by atoms with Crippen LogP contribution >= 0.6 is 0 Å². The van der Waals surface area contributed by atoms with E-state index in [0.29, 0.717) is 6.54 Å². The average molecular weight is 295 g/mol. The first-order valence-electron chi connectivity index (χ1n) is 7.53. The number of carbonyl (C=O) groups excluding carboxylic acids is 1. The van der Waals surface area contributed by atoms with Crippen molar-refractivity contribution in [2.75, 3.05) is 13.1 Å². The molecular formula is C15H25N3O3. The molecule has 0 aliphatic carbocycles. The summed E-state index contributed by atoms with van der Waals surface area (Å²) in [5.74, 6) is 0.824. The lowest BCUT2D eigenvalue weighted by Gasteiger charge is -2.28. The number of hydrogen-bond acceptors (Lipinski definition) is 5. The SMILES string of the molecule is CC(C)(C)OC(=O)N1CCCC1CCNCc1cnco1. The molecule has 0 saturated carbocycles. The molecule has 1 saturated heterocycles. The second-order valence-electron chi connectivity index (χ2n) is 6.40. The van der Waals surface area contributed by atoms with E-state index in [1.165, 1.54) is 6.39 Å². The molecular weight excluding hydrogens is 270 g/mol. The summed E-state index contributed by atoms with van der Waals surface area (Å²) in [4.78, 5) is 17.9. The monoisotopic (exact) mass is 295 g/mol. The number of likely N-dealkylation sites (tertiary alicyclic amines) is 1. The zero-order valence-electron chi connectivity index (χ0n) is 13.1. The molecule has 1 atom stereocenters. The molecule has 1 aromatic heterocycles. The van der Waals surface area contributed by atoms with E-state index >= 15 is 0 Å². The maximum atomic E-state index is 12.2. The van der Waals surface area contributed by atoms with E-state index < -0.39 is 5.60 Å². The summed E-state index contributed by atoms with van der Waals surface area (Å²) in [5, 5.41) is 3.31. The second-order valence-corrected chi connectivity index (χ2v) is 6.40. The highest BCUT2D eigenvalue weighted by atomic mass is 16.6. The second kappa shape index (κ2) is 6.93. The van der Waals surface area contributed by atoms with Crippen LogP contribution in [0.5, 0.6) is 0 Å². The van der Waals surface area contributed by atoms with Crippen LogP contribution in [0.25, 0.3) is 0 Å². The Labute approximate surface area is 125 Å². The topological polar surface area (TPSA) is 67.6 Å². The molecule has 1 fully saturated rings.